The highest BCUT2D eigenvalue weighted by molar-refractivity contribution is 7.89. The Kier molecular flexibility index (Phi) is 6.02. The highest BCUT2D eigenvalue weighted by Gasteiger charge is 2.39. The molecule has 1 atom stereocenters. The van der Waals surface area contributed by atoms with Gasteiger partial charge in [-0.25, -0.2) is 8.42 Å². The summed E-state index contributed by atoms with van der Waals surface area (Å²) in [6.45, 7) is 2.02. The molecule has 0 bridgehead atoms. The van der Waals surface area contributed by atoms with Gasteiger partial charge in [0.25, 0.3) is 0 Å². The molecule has 8 nitrogen and oxygen atoms in total. The molecule has 0 spiro atoms. The summed E-state index contributed by atoms with van der Waals surface area (Å²) in [7, 11) is -2.49. The van der Waals surface area contributed by atoms with Crippen LogP contribution in [0, 0.1) is 0 Å². The van der Waals surface area contributed by atoms with Crippen molar-refractivity contribution in [3.8, 4) is 5.75 Å². The molecule has 0 aliphatic carbocycles. The number of sulfonamides is 1. The summed E-state index contributed by atoms with van der Waals surface area (Å²) < 4.78 is 31.9. The second-order valence-electron chi connectivity index (χ2n) is 5.72. The second-order valence-corrected chi connectivity index (χ2v) is 7.61. The zero-order chi connectivity index (χ0) is 18.6. The van der Waals surface area contributed by atoms with Crippen LogP contribution in [0.2, 0.25) is 0 Å². The van der Waals surface area contributed by atoms with E-state index in [2.05, 4.69) is 5.32 Å². The Hall–Kier alpha value is -2.13. The molecule has 1 aliphatic rings. The molecule has 1 unspecified atom stereocenters. The third kappa shape index (κ3) is 4.10. The first-order valence-corrected chi connectivity index (χ1v) is 9.43. The molecule has 1 aromatic rings. The van der Waals surface area contributed by atoms with Crippen LogP contribution in [0.3, 0.4) is 0 Å². The van der Waals surface area contributed by atoms with Gasteiger partial charge in [-0.05, 0) is 31.0 Å². The second kappa shape index (κ2) is 7.83. The minimum Gasteiger partial charge on any atom is -0.496 e. The molecule has 1 aromatic carbocycles. The minimum absolute atomic E-state index is 0.0119. The SMILES string of the molecule is CCC(=O)NCc1cc(S(=O)(=O)N2CCCC2C(=O)O)ccc1OC. The highest BCUT2D eigenvalue weighted by Crippen LogP contribution is 2.29. The molecular weight excluding hydrogens is 348 g/mol. The first-order valence-electron chi connectivity index (χ1n) is 7.99. The number of ether oxygens (including phenoxy) is 1. The lowest BCUT2D eigenvalue weighted by atomic mass is 10.2. The van der Waals surface area contributed by atoms with Crippen LogP contribution in [-0.4, -0.2) is 49.4 Å². The maximum Gasteiger partial charge on any atom is 0.322 e. The summed E-state index contributed by atoms with van der Waals surface area (Å²) in [6, 6.07) is 3.26. The number of nitrogens with zero attached hydrogens (tertiary/aromatic N) is 1. The number of methoxy groups -OCH3 is 1. The zero-order valence-corrected chi connectivity index (χ0v) is 15.0. The monoisotopic (exact) mass is 370 g/mol. The van der Waals surface area contributed by atoms with Crippen LogP contribution in [-0.2, 0) is 26.2 Å². The average molecular weight is 370 g/mol. The van der Waals surface area contributed by atoms with Gasteiger partial charge in [0.15, 0.2) is 0 Å². The Morgan fingerprint density at radius 1 is 1.40 bits per heavy atom. The maximum atomic E-state index is 12.8. The molecule has 1 saturated heterocycles. The predicted octanol–water partition coefficient (Wildman–Crippen LogP) is 0.959. The summed E-state index contributed by atoms with van der Waals surface area (Å²) in [5.41, 5.74) is 0.511. The number of carboxylic acids is 1. The Morgan fingerprint density at radius 2 is 2.12 bits per heavy atom. The Morgan fingerprint density at radius 3 is 2.72 bits per heavy atom. The van der Waals surface area contributed by atoms with Crippen molar-refractivity contribution in [3.05, 3.63) is 23.8 Å². The molecule has 1 fully saturated rings. The Labute approximate surface area is 146 Å². The summed E-state index contributed by atoms with van der Waals surface area (Å²) in [5, 5.41) is 11.9. The first-order chi connectivity index (χ1) is 11.8. The summed E-state index contributed by atoms with van der Waals surface area (Å²) >= 11 is 0. The van der Waals surface area contributed by atoms with E-state index in [9.17, 15) is 23.1 Å². The van der Waals surface area contributed by atoms with Gasteiger partial charge in [-0.3, -0.25) is 9.59 Å². The molecule has 0 saturated carbocycles. The molecule has 1 aliphatic heterocycles. The molecule has 1 amide bonds. The van der Waals surface area contributed by atoms with Crippen molar-refractivity contribution < 1.29 is 27.9 Å². The zero-order valence-electron chi connectivity index (χ0n) is 14.2. The number of aliphatic carboxylic acids is 1. The lowest BCUT2D eigenvalue weighted by Crippen LogP contribution is -2.40. The molecule has 138 valence electrons. The fourth-order valence-electron chi connectivity index (χ4n) is 2.78. The topological polar surface area (TPSA) is 113 Å². The molecule has 0 aromatic heterocycles. The Bertz CT molecular complexity index is 762. The fraction of sp³-hybridized carbons (Fsp3) is 0.500. The van der Waals surface area contributed by atoms with Gasteiger partial charge in [-0.2, -0.15) is 4.31 Å². The number of benzene rings is 1. The third-order valence-corrected chi connectivity index (χ3v) is 6.05. The summed E-state index contributed by atoms with van der Waals surface area (Å²) in [5.74, 6) is -0.864. The van der Waals surface area contributed by atoms with E-state index in [1.165, 1.54) is 25.3 Å². The summed E-state index contributed by atoms with van der Waals surface area (Å²) in [4.78, 5) is 22.7. The van der Waals surface area contributed by atoms with Crippen molar-refractivity contribution in [2.75, 3.05) is 13.7 Å². The fourth-order valence-corrected chi connectivity index (χ4v) is 4.48. The van der Waals surface area contributed by atoms with Gasteiger partial charge in [0.05, 0.1) is 12.0 Å². The normalized spacial score (nSPS) is 18.1. The van der Waals surface area contributed by atoms with E-state index in [0.717, 1.165) is 4.31 Å². The number of hydrogen-bond donors (Lipinski definition) is 2. The van der Waals surface area contributed by atoms with Crippen molar-refractivity contribution in [1.82, 2.24) is 9.62 Å². The van der Waals surface area contributed by atoms with Gasteiger partial charge in [0.1, 0.15) is 11.8 Å². The van der Waals surface area contributed by atoms with Crippen LogP contribution in [0.4, 0.5) is 0 Å². The Balaban J connectivity index is 2.34. The van der Waals surface area contributed by atoms with E-state index in [0.29, 0.717) is 30.6 Å². The van der Waals surface area contributed by atoms with Crippen LogP contribution in [0.1, 0.15) is 31.7 Å². The van der Waals surface area contributed by atoms with Gasteiger partial charge >= 0.3 is 5.97 Å². The minimum atomic E-state index is -3.94. The van der Waals surface area contributed by atoms with E-state index >= 15 is 0 Å². The van der Waals surface area contributed by atoms with E-state index in [4.69, 9.17) is 4.74 Å². The first kappa shape index (κ1) is 19.2. The average Bonchev–Trinajstić information content (AvgIpc) is 3.10. The molecular formula is C16H22N2O6S. The van der Waals surface area contributed by atoms with Crippen molar-refractivity contribution in [2.24, 2.45) is 0 Å². The van der Waals surface area contributed by atoms with Crippen LogP contribution in [0.5, 0.6) is 5.75 Å². The molecule has 25 heavy (non-hydrogen) atoms. The van der Waals surface area contributed by atoms with E-state index in [1.54, 1.807) is 6.92 Å². The van der Waals surface area contributed by atoms with Crippen LogP contribution in [0.25, 0.3) is 0 Å². The number of rotatable bonds is 7. The quantitative estimate of drug-likeness (QED) is 0.739. The largest absolute Gasteiger partial charge is 0.496 e. The van der Waals surface area contributed by atoms with Gasteiger partial charge in [0, 0.05) is 25.1 Å². The van der Waals surface area contributed by atoms with Crippen LogP contribution >= 0.6 is 0 Å². The van der Waals surface area contributed by atoms with Crippen molar-refractivity contribution in [3.63, 3.8) is 0 Å². The number of amides is 1. The molecule has 2 N–H and O–H groups in total. The maximum absolute atomic E-state index is 12.8. The molecule has 9 heteroatoms. The highest BCUT2D eigenvalue weighted by atomic mass is 32.2. The van der Waals surface area contributed by atoms with Crippen LogP contribution < -0.4 is 10.1 Å². The smallest absolute Gasteiger partial charge is 0.322 e. The molecule has 2 rings (SSSR count). The van der Waals surface area contributed by atoms with Gasteiger partial charge < -0.3 is 15.2 Å². The number of carboxylic acid groups (broad SMARTS) is 1. The molecule has 1 heterocycles. The number of hydrogen-bond acceptors (Lipinski definition) is 5. The van der Waals surface area contributed by atoms with E-state index in [1.807, 2.05) is 0 Å². The third-order valence-electron chi connectivity index (χ3n) is 4.14. The summed E-state index contributed by atoms with van der Waals surface area (Å²) in [6.07, 6.45) is 1.12. The lowest BCUT2D eigenvalue weighted by Gasteiger charge is -2.21. The van der Waals surface area contributed by atoms with Crippen molar-refractivity contribution in [1.29, 1.82) is 0 Å². The van der Waals surface area contributed by atoms with Crippen molar-refractivity contribution >= 4 is 21.9 Å². The number of carbonyl (C=O) groups excluding carboxylic acids is 1. The van der Waals surface area contributed by atoms with Gasteiger partial charge in [-0.1, -0.05) is 6.92 Å². The van der Waals surface area contributed by atoms with Crippen molar-refractivity contribution in [2.45, 2.75) is 43.7 Å². The van der Waals surface area contributed by atoms with Crippen LogP contribution in [0.15, 0.2) is 23.1 Å². The number of nitrogens with one attached hydrogen (secondary N) is 1. The van der Waals surface area contributed by atoms with Gasteiger partial charge in [0.2, 0.25) is 15.9 Å². The van der Waals surface area contributed by atoms with E-state index < -0.39 is 22.0 Å². The molecule has 0 radical (unpaired) electrons. The lowest BCUT2D eigenvalue weighted by molar-refractivity contribution is -0.140. The standard InChI is InChI=1S/C16H22N2O6S/c1-3-15(19)17-10-11-9-12(6-7-14(11)24-2)25(22,23)18-8-4-5-13(18)16(20)21/h6-7,9,13H,3-5,8,10H2,1-2H3,(H,17,19)(H,20,21). The predicted molar refractivity (Wildman–Crippen MR) is 89.7 cm³/mol. The van der Waals surface area contributed by atoms with Gasteiger partial charge in [-0.15, -0.1) is 0 Å². The van der Waals surface area contributed by atoms with E-state index in [-0.39, 0.29) is 23.9 Å². The number of carbonyl (C=O) groups is 2.